The summed E-state index contributed by atoms with van der Waals surface area (Å²) in [5.41, 5.74) is 3.28. The molecule has 0 saturated carbocycles. The molecule has 4 nitrogen and oxygen atoms in total. The molecule has 0 heterocycles. The Morgan fingerprint density at radius 3 is 2.70 bits per heavy atom. The van der Waals surface area contributed by atoms with Crippen LogP contribution in [0, 0.1) is 5.82 Å². The third-order valence-corrected chi connectivity index (χ3v) is 3.40. The van der Waals surface area contributed by atoms with E-state index in [1.165, 1.54) is 12.3 Å². The maximum Gasteiger partial charge on any atom is 0.271 e. The number of hydrogen-bond donors (Lipinski definition) is 2. The van der Waals surface area contributed by atoms with Crippen molar-refractivity contribution in [3.8, 4) is 5.75 Å². The van der Waals surface area contributed by atoms with Crippen LogP contribution in [0.5, 0.6) is 5.75 Å². The molecule has 3 aromatic rings. The summed E-state index contributed by atoms with van der Waals surface area (Å²) in [5, 5.41) is 15.1. The summed E-state index contributed by atoms with van der Waals surface area (Å²) in [6, 6.07) is 17.0. The molecule has 3 aromatic carbocycles. The van der Waals surface area contributed by atoms with Crippen LogP contribution in [0.15, 0.2) is 65.8 Å². The lowest BCUT2D eigenvalue weighted by Gasteiger charge is -2.03. The smallest absolute Gasteiger partial charge is 0.271 e. The first-order valence-corrected chi connectivity index (χ1v) is 6.95. The van der Waals surface area contributed by atoms with Gasteiger partial charge in [0.05, 0.1) is 6.21 Å². The van der Waals surface area contributed by atoms with Crippen molar-refractivity contribution in [3.05, 3.63) is 77.6 Å². The highest BCUT2D eigenvalue weighted by atomic mass is 19.1. The molecule has 1 amide bonds. The van der Waals surface area contributed by atoms with E-state index in [0.717, 1.165) is 28.5 Å². The van der Waals surface area contributed by atoms with Gasteiger partial charge in [0.1, 0.15) is 0 Å². The summed E-state index contributed by atoms with van der Waals surface area (Å²) in [6.45, 7) is 0. The Morgan fingerprint density at radius 1 is 1.09 bits per heavy atom. The molecule has 0 fully saturated rings. The number of phenols is 1. The number of nitrogens with one attached hydrogen (secondary N) is 1. The summed E-state index contributed by atoms with van der Waals surface area (Å²) in [4.78, 5) is 11.9. The molecule has 23 heavy (non-hydrogen) atoms. The van der Waals surface area contributed by atoms with Gasteiger partial charge in [-0.25, -0.2) is 9.82 Å². The summed E-state index contributed by atoms with van der Waals surface area (Å²) < 4.78 is 13.2. The average Bonchev–Trinajstić information content (AvgIpc) is 2.57. The van der Waals surface area contributed by atoms with Gasteiger partial charge in [-0.1, -0.05) is 42.5 Å². The highest BCUT2D eigenvalue weighted by molar-refractivity contribution is 6.00. The van der Waals surface area contributed by atoms with E-state index in [1.54, 1.807) is 0 Å². The molecule has 0 aliphatic rings. The number of aromatic hydroxyl groups is 1. The number of benzene rings is 3. The Morgan fingerprint density at radius 2 is 1.87 bits per heavy atom. The molecule has 0 aliphatic carbocycles. The maximum atomic E-state index is 13.2. The Hall–Kier alpha value is -3.21. The summed E-state index contributed by atoms with van der Waals surface area (Å²) >= 11 is 0. The second-order valence-corrected chi connectivity index (χ2v) is 4.93. The summed E-state index contributed by atoms with van der Waals surface area (Å²) in [5.74, 6) is -1.91. The number of hydrazone groups is 1. The minimum atomic E-state index is -0.851. The minimum Gasteiger partial charge on any atom is -0.505 e. The number of amides is 1. The van der Waals surface area contributed by atoms with Crippen molar-refractivity contribution in [1.82, 2.24) is 5.43 Å². The topological polar surface area (TPSA) is 61.7 Å². The van der Waals surface area contributed by atoms with Crippen molar-refractivity contribution in [1.29, 1.82) is 0 Å². The highest BCUT2D eigenvalue weighted by Crippen LogP contribution is 2.17. The van der Waals surface area contributed by atoms with Gasteiger partial charge in [-0.15, -0.1) is 0 Å². The van der Waals surface area contributed by atoms with Crippen LogP contribution < -0.4 is 5.43 Å². The van der Waals surface area contributed by atoms with Crippen molar-refractivity contribution in [2.45, 2.75) is 0 Å². The highest BCUT2D eigenvalue weighted by Gasteiger charge is 2.08. The lowest BCUT2D eigenvalue weighted by molar-refractivity contribution is 0.0954. The third-order valence-electron chi connectivity index (χ3n) is 3.40. The van der Waals surface area contributed by atoms with Crippen LogP contribution in [-0.4, -0.2) is 17.2 Å². The van der Waals surface area contributed by atoms with E-state index >= 15 is 0 Å². The molecule has 3 rings (SSSR count). The molecule has 2 N–H and O–H groups in total. The standard InChI is InChI=1S/C18H13FN2O2/c19-16-10-13(8-9-17(16)22)18(23)21-20-11-14-6-3-5-12-4-1-2-7-15(12)14/h1-11,22H,(H,21,23). The second-order valence-electron chi connectivity index (χ2n) is 4.93. The number of carbonyl (C=O) groups excluding carboxylic acids is 1. The molecule has 0 radical (unpaired) electrons. The molecule has 0 saturated heterocycles. The zero-order chi connectivity index (χ0) is 16.2. The minimum absolute atomic E-state index is 0.0790. The van der Waals surface area contributed by atoms with Crippen LogP contribution in [-0.2, 0) is 0 Å². The Bertz CT molecular complexity index is 901. The van der Waals surface area contributed by atoms with Crippen LogP contribution in [0.2, 0.25) is 0 Å². The monoisotopic (exact) mass is 308 g/mol. The van der Waals surface area contributed by atoms with Gasteiger partial charge in [0.2, 0.25) is 0 Å². The molecule has 0 spiro atoms. The van der Waals surface area contributed by atoms with Gasteiger partial charge in [-0.3, -0.25) is 4.79 Å². The number of halogens is 1. The van der Waals surface area contributed by atoms with Gasteiger partial charge in [0, 0.05) is 11.1 Å². The van der Waals surface area contributed by atoms with Crippen LogP contribution in [0.4, 0.5) is 4.39 Å². The number of nitrogens with zero attached hydrogens (tertiary/aromatic N) is 1. The largest absolute Gasteiger partial charge is 0.505 e. The Balaban J connectivity index is 1.77. The van der Waals surface area contributed by atoms with E-state index in [4.69, 9.17) is 5.11 Å². The van der Waals surface area contributed by atoms with Gasteiger partial charge in [-0.05, 0) is 29.0 Å². The van der Waals surface area contributed by atoms with Crippen LogP contribution in [0.3, 0.4) is 0 Å². The van der Waals surface area contributed by atoms with Gasteiger partial charge in [-0.2, -0.15) is 5.10 Å². The first kappa shape index (κ1) is 14.7. The van der Waals surface area contributed by atoms with E-state index in [0.29, 0.717) is 0 Å². The van der Waals surface area contributed by atoms with Crippen molar-refractivity contribution in [2.24, 2.45) is 5.10 Å². The second kappa shape index (κ2) is 6.27. The molecule has 0 aromatic heterocycles. The maximum absolute atomic E-state index is 13.2. The lowest BCUT2D eigenvalue weighted by atomic mass is 10.1. The van der Waals surface area contributed by atoms with Gasteiger partial charge < -0.3 is 5.11 Å². The van der Waals surface area contributed by atoms with Crippen molar-refractivity contribution in [3.63, 3.8) is 0 Å². The lowest BCUT2D eigenvalue weighted by Crippen LogP contribution is -2.17. The molecule has 5 heteroatoms. The summed E-state index contributed by atoms with van der Waals surface area (Å²) in [6.07, 6.45) is 1.54. The van der Waals surface area contributed by atoms with Gasteiger partial charge in [0.25, 0.3) is 5.91 Å². The average molecular weight is 308 g/mol. The molecule has 0 bridgehead atoms. The zero-order valence-electron chi connectivity index (χ0n) is 12.0. The van der Waals surface area contributed by atoms with Crippen LogP contribution in [0.25, 0.3) is 10.8 Å². The van der Waals surface area contributed by atoms with Crippen molar-refractivity contribution >= 4 is 22.9 Å². The van der Waals surface area contributed by atoms with E-state index in [-0.39, 0.29) is 5.56 Å². The van der Waals surface area contributed by atoms with Gasteiger partial charge in [0.15, 0.2) is 11.6 Å². The fourth-order valence-corrected chi connectivity index (χ4v) is 2.24. The number of rotatable bonds is 3. The van der Waals surface area contributed by atoms with Crippen molar-refractivity contribution < 1.29 is 14.3 Å². The SMILES string of the molecule is O=C(NN=Cc1cccc2ccccc12)c1ccc(O)c(F)c1. The Labute approximate surface area is 131 Å². The molecular weight excluding hydrogens is 295 g/mol. The summed E-state index contributed by atoms with van der Waals surface area (Å²) in [7, 11) is 0. The predicted octanol–water partition coefficient (Wildman–Crippen LogP) is 3.45. The normalized spacial score (nSPS) is 11.0. The van der Waals surface area contributed by atoms with Gasteiger partial charge >= 0.3 is 0 Å². The van der Waals surface area contributed by atoms with E-state index in [2.05, 4.69) is 10.5 Å². The molecular formula is C18H13FN2O2. The zero-order valence-corrected chi connectivity index (χ0v) is 12.0. The number of hydrogen-bond acceptors (Lipinski definition) is 3. The molecule has 0 aliphatic heterocycles. The van der Waals surface area contributed by atoms with E-state index in [1.807, 2.05) is 42.5 Å². The quantitative estimate of drug-likeness (QED) is 0.575. The first-order chi connectivity index (χ1) is 11.1. The molecule has 0 unspecified atom stereocenters. The molecule has 114 valence electrons. The van der Waals surface area contributed by atoms with Crippen LogP contribution in [0.1, 0.15) is 15.9 Å². The first-order valence-electron chi connectivity index (χ1n) is 6.95. The van der Waals surface area contributed by atoms with Crippen molar-refractivity contribution in [2.75, 3.05) is 0 Å². The third kappa shape index (κ3) is 3.18. The number of carbonyl (C=O) groups is 1. The number of fused-ring (bicyclic) bond motifs is 1. The van der Waals surface area contributed by atoms with Crippen LogP contribution >= 0.6 is 0 Å². The van der Waals surface area contributed by atoms with E-state index in [9.17, 15) is 9.18 Å². The fraction of sp³-hybridized carbons (Fsp3) is 0. The van der Waals surface area contributed by atoms with E-state index < -0.39 is 17.5 Å². The fourth-order valence-electron chi connectivity index (χ4n) is 2.24. The number of phenolic OH excluding ortho intramolecular Hbond substituents is 1. The molecule has 0 atom stereocenters. The Kier molecular flexibility index (Phi) is 4.01. The predicted molar refractivity (Wildman–Crippen MR) is 87.1 cm³/mol.